The summed E-state index contributed by atoms with van der Waals surface area (Å²) in [5, 5.41) is 24.3. The Kier molecular flexibility index (Phi) is 4.07. The Bertz CT molecular complexity index is 988. The summed E-state index contributed by atoms with van der Waals surface area (Å²) in [6, 6.07) is 7.42. The Morgan fingerprint density at radius 3 is 2.68 bits per heavy atom. The topological polar surface area (TPSA) is 116 Å². The third-order valence-corrected chi connectivity index (χ3v) is 5.31. The van der Waals surface area contributed by atoms with Gasteiger partial charge < -0.3 is 16.2 Å². The van der Waals surface area contributed by atoms with Crippen LogP contribution in [0.3, 0.4) is 0 Å². The minimum absolute atomic E-state index is 0.0239. The van der Waals surface area contributed by atoms with Crippen LogP contribution in [0.2, 0.25) is 0 Å². The quantitative estimate of drug-likeness (QED) is 0.781. The maximum absolute atomic E-state index is 12.2. The van der Waals surface area contributed by atoms with Crippen LogP contribution in [-0.4, -0.2) is 16.9 Å². The number of carboxylic acid groups (broad SMARTS) is 1. The van der Waals surface area contributed by atoms with Crippen molar-refractivity contribution in [1.82, 2.24) is 5.32 Å². The molecule has 2 aromatic rings. The van der Waals surface area contributed by atoms with Gasteiger partial charge >= 0.3 is 5.97 Å². The average Bonchev–Trinajstić information content (AvgIpc) is 2.96. The van der Waals surface area contributed by atoms with Gasteiger partial charge in [-0.05, 0) is 36.2 Å². The maximum atomic E-state index is 12.2. The fourth-order valence-electron chi connectivity index (χ4n) is 3.26. The van der Waals surface area contributed by atoms with Crippen molar-refractivity contribution in [3.8, 4) is 6.07 Å². The van der Waals surface area contributed by atoms with Crippen molar-refractivity contribution in [2.45, 2.75) is 19.8 Å². The standard InChI is InChI=1S/C18H15N3O3S/c1-8-13(9(2)22)14(15(18(23)24)17(20)21-8)12-7-25-16-10(6-19)4-3-5-11(12)16/h3-5,7,14,21H,20H2,1-2H3,(H,23,24). The van der Waals surface area contributed by atoms with Crippen LogP contribution >= 0.6 is 11.3 Å². The second kappa shape index (κ2) is 6.07. The minimum Gasteiger partial charge on any atom is -0.478 e. The highest BCUT2D eigenvalue weighted by Gasteiger charge is 2.37. The van der Waals surface area contributed by atoms with Crippen LogP contribution in [0.4, 0.5) is 0 Å². The number of ketones is 1. The fraction of sp³-hybridized carbons (Fsp3) is 0.167. The number of nitrogens with one attached hydrogen (secondary N) is 1. The average molecular weight is 353 g/mol. The smallest absolute Gasteiger partial charge is 0.336 e. The number of nitriles is 1. The molecule has 0 aliphatic carbocycles. The first-order valence-electron chi connectivity index (χ1n) is 7.48. The summed E-state index contributed by atoms with van der Waals surface area (Å²) in [6.07, 6.45) is 0. The monoisotopic (exact) mass is 353 g/mol. The molecule has 1 aromatic carbocycles. The first-order valence-corrected chi connectivity index (χ1v) is 8.36. The van der Waals surface area contributed by atoms with Gasteiger partial charge in [0.1, 0.15) is 11.9 Å². The summed E-state index contributed by atoms with van der Waals surface area (Å²) in [7, 11) is 0. The maximum Gasteiger partial charge on any atom is 0.336 e. The van der Waals surface area contributed by atoms with Gasteiger partial charge in [-0.3, -0.25) is 4.79 Å². The van der Waals surface area contributed by atoms with E-state index in [4.69, 9.17) is 5.73 Å². The largest absolute Gasteiger partial charge is 0.478 e. The van der Waals surface area contributed by atoms with Gasteiger partial charge in [0.15, 0.2) is 5.78 Å². The highest BCUT2D eigenvalue weighted by Crippen LogP contribution is 2.43. The molecule has 0 saturated heterocycles. The lowest BCUT2D eigenvalue weighted by Crippen LogP contribution is -2.34. The lowest BCUT2D eigenvalue weighted by atomic mass is 9.79. The van der Waals surface area contributed by atoms with E-state index in [0.29, 0.717) is 22.4 Å². The normalized spacial score (nSPS) is 17.4. The molecule has 0 radical (unpaired) electrons. The second-order valence-electron chi connectivity index (χ2n) is 5.77. The number of allylic oxidation sites excluding steroid dienone is 2. The van der Waals surface area contributed by atoms with E-state index < -0.39 is 11.9 Å². The SMILES string of the molecule is CC(=O)C1=C(C)NC(N)=C(C(=O)O)C1c1csc2c(C#N)cccc12. The lowest BCUT2D eigenvalue weighted by Gasteiger charge is -2.28. The molecule has 0 spiro atoms. The van der Waals surface area contributed by atoms with E-state index in [2.05, 4.69) is 11.4 Å². The summed E-state index contributed by atoms with van der Waals surface area (Å²) in [5.41, 5.74) is 7.96. The fourth-order valence-corrected chi connectivity index (χ4v) is 4.32. The number of hydrogen-bond acceptors (Lipinski definition) is 6. The van der Waals surface area contributed by atoms with Crippen LogP contribution in [0.25, 0.3) is 10.1 Å². The van der Waals surface area contributed by atoms with E-state index in [1.165, 1.54) is 18.3 Å². The number of benzene rings is 1. The highest BCUT2D eigenvalue weighted by molar-refractivity contribution is 7.17. The third kappa shape index (κ3) is 2.57. The summed E-state index contributed by atoms with van der Waals surface area (Å²) >= 11 is 1.36. The molecule has 4 N–H and O–H groups in total. The first-order chi connectivity index (χ1) is 11.9. The van der Waals surface area contributed by atoms with Gasteiger partial charge in [-0.15, -0.1) is 11.3 Å². The Morgan fingerprint density at radius 1 is 1.36 bits per heavy atom. The van der Waals surface area contributed by atoms with Crippen molar-refractivity contribution in [3.63, 3.8) is 0 Å². The number of aliphatic carboxylic acids is 1. The van der Waals surface area contributed by atoms with Crippen LogP contribution in [0.15, 0.2) is 46.2 Å². The molecule has 7 heteroatoms. The zero-order valence-electron chi connectivity index (χ0n) is 13.6. The lowest BCUT2D eigenvalue weighted by molar-refractivity contribution is -0.133. The Balaban J connectivity index is 2.34. The van der Waals surface area contributed by atoms with Crippen molar-refractivity contribution in [3.05, 3.63) is 57.4 Å². The van der Waals surface area contributed by atoms with Crippen molar-refractivity contribution in [1.29, 1.82) is 5.26 Å². The van der Waals surface area contributed by atoms with Crippen LogP contribution in [0.5, 0.6) is 0 Å². The molecular weight excluding hydrogens is 338 g/mol. The van der Waals surface area contributed by atoms with Gasteiger partial charge in [0.2, 0.25) is 0 Å². The number of dihydropyridines is 1. The number of thiophene rings is 1. The number of Topliss-reactive ketones (excluding diaryl/α,β-unsaturated/α-hetero) is 1. The molecule has 1 atom stereocenters. The van der Waals surface area contributed by atoms with Gasteiger partial charge in [-0.25, -0.2) is 4.79 Å². The predicted octanol–water partition coefficient (Wildman–Crippen LogP) is 2.58. The number of fused-ring (bicyclic) bond motifs is 1. The second-order valence-corrected chi connectivity index (χ2v) is 6.65. The third-order valence-electron chi connectivity index (χ3n) is 4.26. The van der Waals surface area contributed by atoms with Gasteiger partial charge in [-0.1, -0.05) is 12.1 Å². The van der Waals surface area contributed by atoms with Crippen LogP contribution in [0, 0.1) is 11.3 Å². The number of nitrogens with two attached hydrogens (primary N) is 1. The molecule has 1 unspecified atom stereocenters. The Labute approximate surface area is 147 Å². The summed E-state index contributed by atoms with van der Waals surface area (Å²) in [5.74, 6) is -2.16. The first kappa shape index (κ1) is 16.7. The number of carbonyl (C=O) groups is 2. The van der Waals surface area contributed by atoms with Crippen LogP contribution in [0.1, 0.15) is 30.9 Å². The van der Waals surface area contributed by atoms with Crippen molar-refractivity contribution in [2.75, 3.05) is 0 Å². The van der Waals surface area contributed by atoms with Crippen LogP contribution in [-0.2, 0) is 9.59 Å². The number of carbonyl (C=O) groups excluding carboxylic acids is 1. The molecule has 0 amide bonds. The van der Waals surface area contributed by atoms with E-state index in [-0.39, 0.29) is 17.2 Å². The molecule has 2 heterocycles. The number of rotatable bonds is 3. The minimum atomic E-state index is -1.18. The molecule has 0 fully saturated rings. The van der Waals surface area contributed by atoms with Gasteiger partial charge in [0.05, 0.1) is 21.8 Å². The van der Waals surface area contributed by atoms with Crippen molar-refractivity contribution < 1.29 is 14.7 Å². The van der Waals surface area contributed by atoms with Gasteiger partial charge in [0, 0.05) is 11.3 Å². The van der Waals surface area contributed by atoms with Gasteiger partial charge in [0.25, 0.3) is 0 Å². The number of nitrogens with zero attached hydrogens (tertiary/aromatic N) is 1. The van der Waals surface area contributed by atoms with E-state index >= 15 is 0 Å². The summed E-state index contributed by atoms with van der Waals surface area (Å²) < 4.78 is 0.766. The molecule has 0 saturated carbocycles. The summed E-state index contributed by atoms with van der Waals surface area (Å²) in [4.78, 5) is 24.1. The Morgan fingerprint density at radius 2 is 2.08 bits per heavy atom. The predicted molar refractivity (Wildman–Crippen MR) is 94.6 cm³/mol. The van der Waals surface area contributed by atoms with E-state index in [1.54, 1.807) is 24.4 Å². The molecule has 3 rings (SSSR count). The van der Waals surface area contributed by atoms with Crippen molar-refractivity contribution >= 4 is 33.2 Å². The Hall–Kier alpha value is -3.11. The van der Waals surface area contributed by atoms with Crippen molar-refractivity contribution in [2.24, 2.45) is 5.73 Å². The molecular formula is C18H15N3O3S. The van der Waals surface area contributed by atoms with E-state index in [1.807, 2.05) is 6.07 Å². The van der Waals surface area contributed by atoms with Gasteiger partial charge in [-0.2, -0.15) is 5.26 Å². The number of hydrogen-bond donors (Lipinski definition) is 3. The molecule has 6 nitrogen and oxygen atoms in total. The summed E-state index contributed by atoms with van der Waals surface area (Å²) in [6.45, 7) is 3.11. The zero-order valence-corrected chi connectivity index (χ0v) is 14.4. The van der Waals surface area contributed by atoms with E-state index in [0.717, 1.165) is 10.1 Å². The molecule has 25 heavy (non-hydrogen) atoms. The molecule has 0 bridgehead atoms. The highest BCUT2D eigenvalue weighted by atomic mass is 32.1. The molecule has 1 aromatic heterocycles. The molecule has 1 aliphatic rings. The molecule has 126 valence electrons. The molecule has 1 aliphatic heterocycles. The zero-order chi connectivity index (χ0) is 18.3. The van der Waals surface area contributed by atoms with Crippen LogP contribution < -0.4 is 11.1 Å². The number of carboxylic acids is 1. The van der Waals surface area contributed by atoms with E-state index in [9.17, 15) is 20.0 Å².